The molecule has 34 heavy (non-hydrogen) atoms. The number of fused-ring (bicyclic) bond motifs is 1. The average Bonchev–Trinajstić information content (AvgIpc) is 3.49. The van der Waals surface area contributed by atoms with Gasteiger partial charge in [0.05, 0.1) is 18.2 Å². The molecule has 1 amide bonds. The zero-order chi connectivity index (χ0) is 23.7. The molecule has 0 spiro atoms. The minimum Gasteiger partial charge on any atom is -0.507 e. The molecule has 1 saturated heterocycles. The Morgan fingerprint density at radius 3 is 2.38 bits per heavy atom. The Morgan fingerprint density at radius 1 is 0.971 bits per heavy atom. The lowest BCUT2D eigenvalue weighted by Crippen LogP contribution is -2.37. The summed E-state index contributed by atoms with van der Waals surface area (Å²) in [5.41, 5.74) is 1.50. The minimum atomic E-state index is -0.617. The zero-order valence-corrected chi connectivity index (χ0v) is 19.4. The van der Waals surface area contributed by atoms with Crippen molar-refractivity contribution in [2.45, 2.75) is 51.1 Å². The van der Waals surface area contributed by atoms with E-state index < -0.39 is 17.7 Å². The monoisotopic (exact) mass is 455 g/mol. The van der Waals surface area contributed by atoms with Crippen molar-refractivity contribution in [3.05, 3.63) is 83.4 Å². The van der Waals surface area contributed by atoms with Gasteiger partial charge in [0.2, 0.25) is 0 Å². The normalized spacial score (nSPS) is 20.4. The number of hydrogen-bond acceptors (Lipinski definition) is 4. The molecule has 3 aromatic rings. The van der Waals surface area contributed by atoms with Crippen LogP contribution in [0.5, 0.6) is 5.75 Å². The van der Waals surface area contributed by atoms with E-state index in [2.05, 4.69) is 6.92 Å². The summed E-state index contributed by atoms with van der Waals surface area (Å²) in [5, 5.41) is 13.4. The number of ketones is 1. The summed E-state index contributed by atoms with van der Waals surface area (Å²) in [5.74, 6) is -0.515. The molecule has 2 aliphatic rings. The number of rotatable bonds is 6. The molecule has 3 aromatic carbocycles. The van der Waals surface area contributed by atoms with Gasteiger partial charge in [0.1, 0.15) is 11.5 Å². The van der Waals surface area contributed by atoms with Crippen LogP contribution in [0.4, 0.5) is 0 Å². The number of hydrogen-bond donors (Lipinski definition) is 1. The number of aliphatic hydroxyl groups excluding tert-OH is 1. The first-order chi connectivity index (χ1) is 16.6. The van der Waals surface area contributed by atoms with Gasteiger partial charge in [-0.1, -0.05) is 68.3 Å². The summed E-state index contributed by atoms with van der Waals surface area (Å²) in [6, 6.07) is 20.4. The Morgan fingerprint density at radius 2 is 1.68 bits per heavy atom. The van der Waals surface area contributed by atoms with Crippen molar-refractivity contribution in [2.24, 2.45) is 0 Å². The number of likely N-dealkylation sites (tertiary alicyclic amines) is 1. The molecule has 1 aliphatic carbocycles. The van der Waals surface area contributed by atoms with Gasteiger partial charge in [0.15, 0.2) is 0 Å². The summed E-state index contributed by atoms with van der Waals surface area (Å²) in [6.07, 6.45) is 4.73. The molecule has 5 nitrogen and oxygen atoms in total. The van der Waals surface area contributed by atoms with Crippen LogP contribution in [-0.4, -0.2) is 34.3 Å². The number of ether oxygens (including phenoxy) is 1. The molecule has 2 fully saturated rings. The SMILES string of the molecule is CCCOc1ccc(C2/C(=C(/O)c3ccc4ccccc4c3)C(=O)C(=O)N2C2CCCC2)cc1. The van der Waals surface area contributed by atoms with Gasteiger partial charge in [0, 0.05) is 11.6 Å². The molecule has 1 atom stereocenters. The summed E-state index contributed by atoms with van der Waals surface area (Å²) in [7, 11) is 0. The fourth-order valence-electron chi connectivity index (χ4n) is 5.19. The summed E-state index contributed by atoms with van der Waals surface area (Å²) in [6.45, 7) is 2.68. The lowest BCUT2D eigenvalue weighted by Gasteiger charge is -2.30. The van der Waals surface area contributed by atoms with Gasteiger partial charge in [0.25, 0.3) is 11.7 Å². The topological polar surface area (TPSA) is 66.8 Å². The van der Waals surface area contributed by atoms with Crippen molar-refractivity contribution in [2.75, 3.05) is 6.61 Å². The van der Waals surface area contributed by atoms with E-state index in [1.54, 1.807) is 11.0 Å². The third-order valence-corrected chi connectivity index (χ3v) is 6.89. The van der Waals surface area contributed by atoms with Gasteiger partial charge in [-0.3, -0.25) is 9.59 Å². The fourth-order valence-corrected chi connectivity index (χ4v) is 5.19. The van der Waals surface area contributed by atoms with Gasteiger partial charge in [-0.05, 0) is 53.8 Å². The number of carbonyl (C=O) groups excluding carboxylic acids is 2. The van der Waals surface area contributed by atoms with E-state index >= 15 is 0 Å². The predicted octanol–water partition coefficient (Wildman–Crippen LogP) is 5.99. The highest BCUT2D eigenvalue weighted by Gasteiger charge is 2.49. The van der Waals surface area contributed by atoms with E-state index in [-0.39, 0.29) is 17.4 Å². The van der Waals surface area contributed by atoms with Gasteiger partial charge in [-0.2, -0.15) is 0 Å². The van der Waals surface area contributed by atoms with Crippen molar-refractivity contribution >= 4 is 28.2 Å². The lowest BCUT2D eigenvalue weighted by molar-refractivity contribution is -0.141. The van der Waals surface area contributed by atoms with Crippen LogP contribution in [0.25, 0.3) is 16.5 Å². The van der Waals surface area contributed by atoms with Crippen molar-refractivity contribution in [3.8, 4) is 5.75 Å². The molecule has 0 radical (unpaired) electrons. The number of Topliss-reactive ketones (excluding diaryl/α,β-unsaturated/α-hetero) is 1. The number of carbonyl (C=O) groups is 2. The highest BCUT2D eigenvalue weighted by Crippen LogP contribution is 2.43. The fraction of sp³-hybridized carbons (Fsp3) is 0.310. The second-order valence-corrected chi connectivity index (χ2v) is 9.12. The van der Waals surface area contributed by atoms with E-state index in [4.69, 9.17) is 4.74 Å². The van der Waals surface area contributed by atoms with Gasteiger partial charge < -0.3 is 14.7 Å². The summed E-state index contributed by atoms with van der Waals surface area (Å²) < 4.78 is 5.72. The quantitative estimate of drug-likeness (QED) is 0.282. The Balaban J connectivity index is 1.62. The Kier molecular flexibility index (Phi) is 6.10. The van der Waals surface area contributed by atoms with Crippen LogP contribution >= 0.6 is 0 Å². The number of amides is 1. The smallest absolute Gasteiger partial charge is 0.295 e. The molecule has 174 valence electrons. The molecule has 0 aromatic heterocycles. The van der Waals surface area contributed by atoms with Gasteiger partial charge in [-0.25, -0.2) is 0 Å². The minimum absolute atomic E-state index is 0.000582. The predicted molar refractivity (Wildman–Crippen MR) is 133 cm³/mol. The largest absolute Gasteiger partial charge is 0.507 e. The maximum absolute atomic E-state index is 13.3. The van der Waals surface area contributed by atoms with Crippen LogP contribution in [0.2, 0.25) is 0 Å². The van der Waals surface area contributed by atoms with Crippen LogP contribution in [-0.2, 0) is 9.59 Å². The van der Waals surface area contributed by atoms with E-state index in [1.165, 1.54) is 0 Å². The van der Waals surface area contributed by atoms with Crippen LogP contribution in [0, 0.1) is 0 Å². The third-order valence-electron chi connectivity index (χ3n) is 6.89. The second-order valence-electron chi connectivity index (χ2n) is 9.12. The maximum atomic E-state index is 13.3. The highest BCUT2D eigenvalue weighted by atomic mass is 16.5. The van der Waals surface area contributed by atoms with E-state index in [1.807, 2.05) is 60.7 Å². The number of benzene rings is 3. The molecule has 5 heteroatoms. The van der Waals surface area contributed by atoms with Gasteiger partial charge in [-0.15, -0.1) is 0 Å². The Labute approximate surface area is 199 Å². The van der Waals surface area contributed by atoms with Crippen LogP contribution in [0.3, 0.4) is 0 Å². The first kappa shape index (κ1) is 22.2. The molecule has 1 saturated carbocycles. The van der Waals surface area contributed by atoms with E-state index in [9.17, 15) is 14.7 Å². The van der Waals surface area contributed by atoms with Crippen molar-refractivity contribution in [3.63, 3.8) is 0 Å². The number of nitrogens with zero attached hydrogens (tertiary/aromatic N) is 1. The average molecular weight is 456 g/mol. The van der Waals surface area contributed by atoms with Gasteiger partial charge >= 0.3 is 0 Å². The number of aliphatic hydroxyl groups is 1. The summed E-state index contributed by atoms with van der Waals surface area (Å²) >= 11 is 0. The first-order valence-corrected chi connectivity index (χ1v) is 12.1. The standard InChI is InChI=1S/C29H29NO4/c1-2-17-34-24-15-13-20(14-16-24)26-25(28(32)29(33)30(26)23-9-5-6-10-23)27(31)22-12-11-19-7-3-4-8-21(19)18-22/h3-4,7-8,11-16,18,23,26,31H,2,5-6,9-10,17H2,1H3/b27-25-. The molecule has 1 heterocycles. The van der Waals surface area contributed by atoms with Crippen LogP contribution < -0.4 is 4.74 Å². The second kappa shape index (κ2) is 9.34. The molecule has 5 rings (SSSR count). The third kappa shape index (κ3) is 3.96. The Hall–Kier alpha value is -3.60. The van der Waals surface area contributed by atoms with Crippen molar-refractivity contribution in [1.82, 2.24) is 4.90 Å². The highest BCUT2D eigenvalue weighted by molar-refractivity contribution is 6.46. The summed E-state index contributed by atoms with van der Waals surface area (Å²) in [4.78, 5) is 28.3. The molecule has 0 bridgehead atoms. The molecular formula is C29H29NO4. The lowest BCUT2D eigenvalue weighted by atomic mass is 9.94. The van der Waals surface area contributed by atoms with Crippen LogP contribution in [0.1, 0.15) is 56.2 Å². The van der Waals surface area contributed by atoms with E-state index in [0.717, 1.165) is 54.2 Å². The van der Waals surface area contributed by atoms with Crippen molar-refractivity contribution in [1.29, 1.82) is 0 Å². The molecule has 1 aliphatic heterocycles. The van der Waals surface area contributed by atoms with E-state index in [0.29, 0.717) is 12.2 Å². The Bertz CT molecular complexity index is 1250. The molecular weight excluding hydrogens is 426 g/mol. The first-order valence-electron chi connectivity index (χ1n) is 12.1. The molecule has 1 N–H and O–H groups in total. The zero-order valence-electron chi connectivity index (χ0n) is 19.4. The van der Waals surface area contributed by atoms with Crippen LogP contribution in [0.15, 0.2) is 72.3 Å². The molecule has 1 unspecified atom stereocenters. The van der Waals surface area contributed by atoms with Crippen molar-refractivity contribution < 1.29 is 19.4 Å². The maximum Gasteiger partial charge on any atom is 0.295 e.